The van der Waals surface area contributed by atoms with Crippen LogP contribution in [0.4, 0.5) is 8.78 Å². The molecule has 0 saturated carbocycles. The number of nitrogens with zero attached hydrogens (tertiary/aromatic N) is 2. The Morgan fingerprint density at radius 2 is 1.97 bits per heavy atom. The molecule has 0 spiro atoms. The topological polar surface area (TPSA) is 49.0 Å². The monoisotopic (exact) mass is 395 g/mol. The van der Waals surface area contributed by atoms with Crippen LogP contribution >= 0.6 is 0 Å². The molecule has 0 aliphatic carbocycles. The third kappa shape index (κ3) is 4.36. The Labute approximate surface area is 168 Å². The van der Waals surface area contributed by atoms with Crippen molar-refractivity contribution in [3.63, 3.8) is 0 Å². The quantitative estimate of drug-likeness (QED) is 0.672. The first-order chi connectivity index (χ1) is 14.1. The number of aromatic nitrogens is 2. The molecule has 0 radical (unpaired) electrons. The molecule has 4 rings (SSSR count). The number of likely N-dealkylation sites (tertiary alicyclic amines) is 1. The summed E-state index contributed by atoms with van der Waals surface area (Å²) in [5.41, 5.74) is 1.63. The van der Waals surface area contributed by atoms with Gasteiger partial charge in [-0.1, -0.05) is 18.2 Å². The van der Waals surface area contributed by atoms with Crippen molar-refractivity contribution >= 4 is 5.91 Å². The Bertz CT molecular complexity index is 967. The Balaban J connectivity index is 1.42. The van der Waals surface area contributed by atoms with Crippen LogP contribution in [0.5, 0.6) is 0 Å². The van der Waals surface area contributed by atoms with Gasteiger partial charge in [-0.3, -0.25) is 4.79 Å². The molecule has 1 aliphatic rings. The normalized spacial score (nSPS) is 16.8. The Hall–Kier alpha value is -3.02. The molecule has 1 N–H and O–H groups in total. The van der Waals surface area contributed by atoms with Gasteiger partial charge in [0.2, 0.25) is 0 Å². The summed E-state index contributed by atoms with van der Waals surface area (Å²) in [5.74, 6) is -0.0461. The lowest BCUT2D eigenvalue weighted by molar-refractivity contribution is 0.0668. The number of carbonyl (C=O) groups is 1. The van der Waals surface area contributed by atoms with E-state index in [1.807, 2.05) is 29.2 Å². The highest BCUT2D eigenvalue weighted by molar-refractivity contribution is 5.95. The van der Waals surface area contributed by atoms with Gasteiger partial charge in [-0.25, -0.2) is 13.8 Å². The number of H-pyrrole nitrogens is 1. The van der Waals surface area contributed by atoms with Gasteiger partial charge in [-0.15, -0.1) is 0 Å². The average Bonchev–Trinajstić information content (AvgIpc) is 3.28. The summed E-state index contributed by atoms with van der Waals surface area (Å²) in [6.45, 7) is 1.31. The Morgan fingerprint density at radius 3 is 2.72 bits per heavy atom. The minimum absolute atomic E-state index is 0.0137. The van der Waals surface area contributed by atoms with Gasteiger partial charge in [-0.05, 0) is 55.9 Å². The summed E-state index contributed by atoms with van der Waals surface area (Å²) >= 11 is 0. The number of halogens is 2. The maximum atomic E-state index is 13.9. The molecule has 1 amide bonds. The van der Waals surface area contributed by atoms with E-state index in [1.165, 1.54) is 18.2 Å². The molecule has 2 aromatic carbocycles. The number of carbonyl (C=O) groups excluding carboxylic acids is 1. The second-order valence-corrected chi connectivity index (χ2v) is 7.52. The predicted octanol–water partition coefficient (Wildman–Crippen LogP) is 4.84. The number of hydrogen-bond donors (Lipinski definition) is 1. The third-order valence-corrected chi connectivity index (χ3v) is 5.55. The molecule has 2 heterocycles. The highest BCUT2D eigenvalue weighted by Gasteiger charge is 2.25. The van der Waals surface area contributed by atoms with Crippen molar-refractivity contribution < 1.29 is 13.6 Å². The van der Waals surface area contributed by atoms with E-state index < -0.39 is 11.6 Å². The van der Waals surface area contributed by atoms with E-state index in [2.05, 4.69) is 9.97 Å². The number of amides is 1. The summed E-state index contributed by atoms with van der Waals surface area (Å²) in [6.07, 6.45) is 6.29. The molecule has 1 fully saturated rings. The van der Waals surface area contributed by atoms with Crippen LogP contribution in [0, 0.1) is 17.6 Å². The number of benzene rings is 2. The van der Waals surface area contributed by atoms with E-state index in [9.17, 15) is 13.6 Å². The van der Waals surface area contributed by atoms with E-state index in [-0.39, 0.29) is 17.4 Å². The van der Waals surface area contributed by atoms with Gasteiger partial charge < -0.3 is 9.88 Å². The van der Waals surface area contributed by atoms with Crippen LogP contribution in [-0.4, -0.2) is 33.9 Å². The molecule has 6 heteroatoms. The summed E-state index contributed by atoms with van der Waals surface area (Å²) in [4.78, 5) is 22.2. The maximum absolute atomic E-state index is 13.9. The molecule has 1 atom stereocenters. The fourth-order valence-electron chi connectivity index (χ4n) is 4.01. The minimum atomic E-state index is -0.497. The van der Waals surface area contributed by atoms with Crippen LogP contribution in [0.2, 0.25) is 0 Å². The number of rotatable bonds is 5. The SMILES string of the molecule is O=C(c1cccc(-c2ncc[nH]2)c1)N1CCCC(CCc2c(F)cccc2F)C1. The van der Waals surface area contributed by atoms with Crippen molar-refractivity contribution in [2.45, 2.75) is 25.7 Å². The van der Waals surface area contributed by atoms with Crippen molar-refractivity contribution in [2.75, 3.05) is 13.1 Å². The largest absolute Gasteiger partial charge is 0.345 e. The molecule has 1 unspecified atom stereocenters. The molecule has 4 nitrogen and oxygen atoms in total. The van der Waals surface area contributed by atoms with Gasteiger partial charge in [0, 0.05) is 42.2 Å². The Morgan fingerprint density at radius 1 is 1.17 bits per heavy atom. The summed E-state index contributed by atoms with van der Waals surface area (Å²) < 4.78 is 27.7. The van der Waals surface area contributed by atoms with Crippen LogP contribution in [0.3, 0.4) is 0 Å². The van der Waals surface area contributed by atoms with Gasteiger partial charge in [0.05, 0.1) is 0 Å². The second kappa shape index (κ2) is 8.55. The van der Waals surface area contributed by atoms with Crippen molar-refractivity contribution in [1.29, 1.82) is 0 Å². The van der Waals surface area contributed by atoms with Crippen molar-refractivity contribution in [3.8, 4) is 11.4 Å². The second-order valence-electron chi connectivity index (χ2n) is 7.52. The lowest BCUT2D eigenvalue weighted by Crippen LogP contribution is -2.40. The summed E-state index contributed by atoms with van der Waals surface area (Å²) in [6, 6.07) is 11.4. The van der Waals surface area contributed by atoms with Crippen LogP contribution < -0.4 is 0 Å². The molecular formula is C23H23F2N3O. The van der Waals surface area contributed by atoms with Crippen LogP contribution in [0.25, 0.3) is 11.4 Å². The van der Waals surface area contributed by atoms with E-state index in [1.54, 1.807) is 12.4 Å². The molecule has 1 saturated heterocycles. The van der Waals surface area contributed by atoms with Crippen LogP contribution in [-0.2, 0) is 6.42 Å². The molecular weight excluding hydrogens is 372 g/mol. The lowest BCUT2D eigenvalue weighted by atomic mass is 9.91. The summed E-state index contributed by atoms with van der Waals surface area (Å²) in [5, 5.41) is 0. The van der Waals surface area contributed by atoms with Gasteiger partial charge in [-0.2, -0.15) is 0 Å². The number of nitrogens with one attached hydrogen (secondary N) is 1. The third-order valence-electron chi connectivity index (χ3n) is 5.55. The van der Waals surface area contributed by atoms with Crippen LogP contribution in [0.1, 0.15) is 35.2 Å². The zero-order chi connectivity index (χ0) is 20.2. The van der Waals surface area contributed by atoms with Crippen molar-refractivity contribution in [3.05, 3.63) is 77.6 Å². The predicted molar refractivity (Wildman–Crippen MR) is 107 cm³/mol. The zero-order valence-corrected chi connectivity index (χ0v) is 16.1. The van der Waals surface area contributed by atoms with E-state index in [4.69, 9.17) is 0 Å². The van der Waals surface area contributed by atoms with E-state index >= 15 is 0 Å². The fraction of sp³-hybridized carbons (Fsp3) is 0.304. The minimum Gasteiger partial charge on any atom is -0.345 e. The molecule has 150 valence electrons. The standard InChI is InChI=1S/C23H23F2N3O/c24-20-7-2-8-21(25)19(20)10-9-16-4-3-13-28(15-16)23(29)18-6-1-5-17(14-18)22-26-11-12-27-22/h1-2,5-8,11-12,14,16H,3-4,9-10,13,15H2,(H,26,27). The molecule has 3 aromatic rings. The van der Waals surface area contributed by atoms with Gasteiger partial charge in [0.15, 0.2) is 0 Å². The van der Waals surface area contributed by atoms with Gasteiger partial charge in [0.25, 0.3) is 5.91 Å². The molecule has 1 aliphatic heterocycles. The smallest absolute Gasteiger partial charge is 0.253 e. The number of hydrogen-bond acceptors (Lipinski definition) is 2. The average molecular weight is 395 g/mol. The highest BCUT2D eigenvalue weighted by Crippen LogP contribution is 2.25. The molecule has 1 aromatic heterocycles. The Kier molecular flexibility index (Phi) is 5.69. The lowest BCUT2D eigenvalue weighted by Gasteiger charge is -2.33. The number of imidazole rings is 1. The number of piperidine rings is 1. The maximum Gasteiger partial charge on any atom is 0.253 e. The van der Waals surface area contributed by atoms with Gasteiger partial charge >= 0.3 is 0 Å². The molecule has 0 bridgehead atoms. The fourth-order valence-corrected chi connectivity index (χ4v) is 4.01. The van der Waals surface area contributed by atoms with E-state index in [0.29, 0.717) is 31.5 Å². The van der Waals surface area contributed by atoms with E-state index in [0.717, 1.165) is 24.2 Å². The van der Waals surface area contributed by atoms with Crippen molar-refractivity contribution in [2.24, 2.45) is 5.92 Å². The first-order valence-electron chi connectivity index (χ1n) is 9.94. The first-order valence-corrected chi connectivity index (χ1v) is 9.94. The van der Waals surface area contributed by atoms with Crippen LogP contribution in [0.15, 0.2) is 54.9 Å². The molecule has 29 heavy (non-hydrogen) atoms. The summed E-state index contributed by atoms with van der Waals surface area (Å²) in [7, 11) is 0. The highest BCUT2D eigenvalue weighted by atomic mass is 19.1. The number of aromatic amines is 1. The first kappa shape index (κ1) is 19.3. The van der Waals surface area contributed by atoms with Gasteiger partial charge in [0.1, 0.15) is 17.5 Å². The van der Waals surface area contributed by atoms with Crippen molar-refractivity contribution in [1.82, 2.24) is 14.9 Å². The zero-order valence-electron chi connectivity index (χ0n) is 16.1.